The van der Waals surface area contributed by atoms with E-state index in [9.17, 15) is 25.9 Å². The molecule has 0 bridgehead atoms. The maximum absolute atomic E-state index is 12.1. The van der Waals surface area contributed by atoms with Crippen LogP contribution in [0.15, 0.2) is 0 Å². The number of rotatable bonds is 7. The number of hydrogen-bond donors (Lipinski definition) is 2. The Kier molecular flexibility index (Phi) is 3.99. The third kappa shape index (κ3) is 3.03. The van der Waals surface area contributed by atoms with Gasteiger partial charge in [0, 0.05) is 0 Å². The Labute approximate surface area is 120 Å². The van der Waals surface area contributed by atoms with Gasteiger partial charge in [0.2, 0.25) is 0 Å². The summed E-state index contributed by atoms with van der Waals surface area (Å²) < 4.78 is 64.0. The van der Waals surface area contributed by atoms with Gasteiger partial charge in [-0.25, -0.2) is 0 Å². The van der Waals surface area contributed by atoms with Crippen molar-refractivity contribution in [2.24, 2.45) is 23.7 Å². The van der Waals surface area contributed by atoms with Gasteiger partial charge in [0.15, 0.2) is 0 Å². The van der Waals surface area contributed by atoms with E-state index in [2.05, 4.69) is 0 Å². The van der Waals surface area contributed by atoms with Crippen molar-refractivity contribution in [3.63, 3.8) is 0 Å². The van der Waals surface area contributed by atoms with Crippen molar-refractivity contribution in [2.75, 3.05) is 5.75 Å². The van der Waals surface area contributed by atoms with Gasteiger partial charge in [0.05, 0.1) is 5.75 Å². The van der Waals surface area contributed by atoms with E-state index in [4.69, 9.17) is 0 Å². The molecule has 20 heavy (non-hydrogen) atoms. The molecule has 0 aromatic carbocycles. The average molecular weight is 326 g/mol. The molecule has 0 heterocycles. The summed E-state index contributed by atoms with van der Waals surface area (Å²) in [5.41, 5.74) is 0. The van der Waals surface area contributed by atoms with Crippen molar-refractivity contribution in [1.29, 1.82) is 0 Å². The van der Waals surface area contributed by atoms with Gasteiger partial charge in [0.25, 0.3) is 20.2 Å². The lowest BCUT2D eigenvalue weighted by molar-refractivity contribution is 0.235. The van der Waals surface area contributed by atoms with E-state index in [1.165, 1.54) is 0 Å². The zero-order chi connectivity index (χ0) is 15.3. The van der Waals surface area contributed by atoms with Crippen LogP contribution in [0.25, 0.3) is 0 Å². The fourth-order valence-electron chi connectivity index (χ4n) is 3.50. The van der Waals surface area contributed by atoms with Crippen molar-refractivity contribution in [2.45, 2.75) is 44.3 Å². The van der Waals surface area contributed by atoms with Crippen molar-refractivity contribution in [3.8, 4) is 0 Å². The molecule has 2 rings (SSSR count). The molecule has 0 aliphatic heterocycles. The molecule has 0 amide bonds. The summed E-state index contributed by atoms with van der Waals surface area (Å²) in [6.45, 7) is 3.35. The molecule has 8 heteroatoms. The first-order valence-electron chi connectivity index (χ1n) is 6.91. The van der Waals surface area contributed by atoms with E-state index in [0.29, 0.717) is 0 Å². The second-order valence-electron chi connectivity index (χ2n) is 6.41. The predicted molar refractivity (Wildman–Crippen MR) is 74.5 cm³/mol. The molecule has 0 aromatic heterocycles. The highest BCUT2D eigenvalue weighted by atomic mass is 32.2. The molecule has 0 radical (unpaired) electrons. The van der Waals surface area contributed by atoms with Crippen LogP contribution >= 0.6 is 0 Å². The third-order valence-electron chi connectivity index (χ3n) is 5.09. The molecule has 0 spiro atoms. The van der Waals surface area contributed by atoms with Gasteiger partial charge in [0.1, 0.15) is 4.75 Å². The maximum Gasteiger partial charge on any atom is 0.272 e. The minimum atomic E-state index is -4.61. The zero-order valence-electron chi connectivity index (χ0n) is 11.7. The maximum atomic E-state index is 12.1. The van der Waals surface area contributed by atoms with Crippen LogP contribution in [0.1, 0.15) is 39.5 Å². The van der Waals surface area contributed by atoms with Gasteiger partial charge in [-0.05, 0) is 49.4 Å². The summed E-state index contributed by atoms with van der Waals surface area (Å²) in [5.74, 6) is -1.71. The lowest BCUT2D eigenvalue weighted by atomic mass is 9.78. The van der Waals surface area contributed by atoms with Gasteiger partial charge < -0.3 is 0 Å². The minimum absolute atomic E-state index is 0.0971. The molecule has 2 saturated carbocycles. The summed E-state index contributed by atoms with van der Waals surface area (Å²) in [6.07, 6.45) is 3.34. The van der Waals surface area contributed by atoms with Crippen molar-refractivity contribution in [1.82, 2.24) is 0 Å². The van der Waals surface area contributed by atoms with Crippen LogP contribution in [0, 0.1) is 23.7 Å². The standard InChI is InChI=1S/C12H22O6S2/c1-8(10-3-4-10)12(20(16,17)18,7-19(13,14)15)9(2)11-5-6-11/h8-11H,3-7H2,1-2H3,(H,13,14,15)(H,16,17,18). The fourth-order valence-corrected chi connectivity index (χ4v) is 6.96. The van der Waals surface area contributed by atoms with Crippen molar-refractivity contribution < 1.29 is 25.9 Å². The highest BCUT2D eigenvalue weighted by molar-refractivity contribution is 7.90. The largest absolute Gasteiger partial charge is 0.285 e. The van der Waals surface area contributed by atoms with Crippen molar-refractivity contribution in [3.05, 3.63) is 0 Å². The first kappa shape index (κ1) is 16.2. The molecule has 2 aliphatic carbocycles. The molecule has 0 aromatic rings. The van der Waals surface area contributed by atoms with E-state index >= 15 is 0 Å². The molecule has 2 atom stereocenters. The van der Waals surface area contributed by atoms with Gasteiger partial charge in [-0.1, -0.05) is 13.8 Å². The third-order valence-corrected chi connectivity index (χ3v) is 7.96. The monoisotopic (exact) mass is 326 g/mol. The molecule has 6 nitrogen and oxygen atoms in total. The Balaban J connectivity index is 2.52. The van der Waals surface area contributed by atoms with Crippen LogP contribution in [-0.4, -0.2) is 36.4 Å². The van der Waals surface area contributed by atoms with Crippen LogP contribution < -0.4 is 0 Å². The number of hydrogen-bond acceptors (Lipinski definition) is 4. The van der Waals surface area contributed by atoms with Crippen LogP contribution in [0.3, 0.4) is 0 Å². The van der Waals surface area contributed by atoms with E-state index in [0.717, 1.165) is 25.7 Å². The quantitative estimate of drug-likeness (QED) is 0.688. The second kappa shape index (κ2) is 4.93. The van der Waals surface area contributed by atoms with Crippen LogP contribution in [-0.2, 0) is 20.2 Å². The highest BCUT2D eigenvalue weighted by Crippen LogP contribution is 2.53. The molecule has 2 aliphatic rings. The van der Waals surface area contributed by atoms with E-state index in [1.54, 1.807) is 13.8 Å². The van der Waals surface area contributed by atoms with Gasteiger partial charge >= 0.3 is 0 Å². The SMILES string of the molecule is CC(C1CC1)C(CS(=O)(=O)O)(C(C)C1CC1)S(=O)(=O)O. The lowest BCUT2D eigenvalue weighted by Crippen LogP contribution is -2.56. The molecular weight excluding hydrogens is 304 g/mol. The molecule has 2 unspecified atom stereocenters. The molecule has 0 saturated heterocycles. The minimum Gasteiger partial charge on any atom is -0.285 e. The van der Waals surface area contributed by atoms with Gasteiger partial charge in [-0.3, -0.25) is 9.11 Å². The Morgan fingerprint density at radius 3 is 1.50 bits per heavy atom. The van der Waals surface area contributed by atoms with Gasteiger partial charge in [-0.2, -0.15) is 16.8 Å². The summed E-state index contributed by atoms with van der Waals surface area (Å²) in [6, 6.07) is 0. The zero-order valence-corrected chi connectivity index (χ0v) is 13.3. The Bertz CT molecular complexity index is 553. The van der Waals surface area contributed by atoms with E-state index in [-0.39, 0.29) is 11.8 Å². The van der Waals surface area contributed by atoms with Crippen LogP contribution in [0.2, 0.25) is 0 Å². The Morgan fingerprint density at radius 1 is 0.950 bits per heavy atom. The Morgan fingerprint density at radius 2 is 1.30 bits per heavy atom. The molecular formula is C12H22O6S2. The topological polar surface area (TPSA) is 109 Å². The Hall–Kier alpha value is -0.180. The highest BCUT2D eigenvalue weighted by Gasteiger charge is 2.60. The fraction of sp³-hybridized carbons (Fsp3) is 1.00. The van der Waals surface area contributed by atoms with Crippen LogP contribution in [0.4, 0.5) is 0 Å². The average Bonchev–Trinajstić information content (AvgIpc) is 3.15. The summed E-state index contributed by atoms with van der Waals surface area (Å²) in [7, 11) is -9.11. The molecule has 118 valence electrons. The first-order chi connectivity index (χ1) is 8.99. The van der Waals surface area contributed by atoms with Gasteiger partial charge in [-0.15, -0.1) is 0 Å². The molecule has 2 N–H and O–H groups in total. The smallest absolute Gasteiger partial charge is 0.272 e. The predicted octanol–water partition coefficient (Wildman–Crippen LogP) is 1.59. The summed E-state index contributed by atoms with van der Waals surface area (Å²) >= 11 is 0. The first-order valence-corrected chi connectivity index (χ1v) is 9.96. The van der Waals surface area contributed by atoms with E-state index < -0.39 is 42.6 Å². The van der Waals surface area contributed by atoms with Crippen molar-refractivity contribution >= 4 is 20.2 Å². The van der Waals surface area contributed by atoms with E-state index in [1.807, 2.05) is 0 Å². The lowest BCUT2D eigenvalue weighted by Gasteiger charge is -2.40. The summed E-state index contributed by atoms with van der Waals surface area (Å²) in [4.78, 5) is 0. The van der Waals surface area contributed by atoms with Crippen LogP contribution in [0.5, 0.6) is 0 Å². The molecule has 2 fully saturated rings. The normalized spacial score (nSPS) is 26.8. The second-order valence-corrected chi connectivity index (χ2v) is 9.57. The summed E-state index contributed by atoms with van der Waals surface area (Å²) in [5, 5.41) is 0.